The van der Waals surface area contributed by atoms with Gasteiger partial charge in [0.1, 0.15) is 11.4 Å². The molecule has 0 unspecified atom stereocenters. The van der Waals surface area contributed by atoms with Gasteiger partial charge in [0, 0.05) is 24.8 Å². The maximum absolute atomic E-state index is 12.1. The van der Waals surface area contributed by atoms with Crippen molar-refractivity contribution in [2.24, 2.45) is 10.7 Å². The van der Waals surface area contributed by atoms with Crippen molar-refractivity contribution >= 4 is 34.9 Å². The zero-order valence-corrected chi connectivity index (χ0v) is 15.8. The predicted molar refractivity (Wildman–Crippen MR) is 103 cm³/mol. The number of anilines is 1. The Hall–Kier alpha value is -1.95. The first kappa shape index (κ1) is 19.4. The quantitative estimate of drug-likeness (QED) is 0.483. The number of carbonyl (C=O) groups excluding carboxylic acids is 1. The van der Waals surface area contributed by atoms with Crippen molar-refractivity contribution in [3.63, 3.8) is 0 Å². The fraction of sp³-hybridized carbons (Fsp3) is 0.556. The summed E-state index contributed by atoms with van der Waals surface area (Å²) in [4.78, 5) is 18.1. The lowest BCUT2D eigenvalue weighted by Gasteiger charge is -2.34. The van der Waals surface area contributed by atoms with Gasteiger partial charge in [-0.3, -0.25) is 0 Å². The summed E-state index contributed by atoms with van der Waals surface area (Å²) in [5.74, 6) is 0.618. The maximum Gasteiger partial charge on any atom is 0.410 e. The van der Waals surface area contributed by atoms with Crippen molar-refractivity contribution in [2.45, 2.75) is 45.3 Å². The third-order valence-electron chi connectivity index (χ3n) is 3.79. The normalized spacial score (nSPS) is 16.6. The Morgan fingerprint density at radius 2 is 1.92 bits per heavy atom. The second kappa shape index (κ2) is 8.43. The second-order valence-corrected chi connectivity index (χ2v) is 7.44. The molecule has 0 aliphatic carbocycles. The van der Waals surface area contributed by atoms with Gasteiger partial charge in [-0.1, -0.05) is 0 Å². The molecule has 1 amide bonds. The smallest absolute Gasteiger partial charge is 0.410 e. The molecule has 138 valence electrons. The molecule has 6 nitrogen and oxygen atoms in total. The van der Waals surface area contributed by atoms with Crippen molar-refractivity contribution in [1.82, 2.24) is 4.90 Å². The molecule has 7 heteroatoms. The van der Waals surface area contributed by atoms with Crippen molar-refractivity contribution in [1.29, 1.82) is 0 Å². The van der Waals surface area contributed by atoms with E-state index in [9.17, 15) is 4.79 Å². The van der Waals surface area contributed by atoms with Gasteiger partial charge < -0.3 is 20.7 Å². The lowest BCUT2D eigenvalue weighted by atomic mass is 10.0. The molecular weight excluding hydrogens is 340 g/mol. The van der Waals surface area contributed by atoms with Gasteiger partial charge >= 0.3 is 6.09 Å². The number of halogens is 1. The van der Waals surface area contributed by atoms with Crippen molar-refractivity contribution in [3.05, 3.63) is 24.3 Å². The fourth-order valence-corrected chi connectivity index (χ4v) is 2.66. The van der Waals surface area contributed by atoms with Crippen LogP contribution in [0.5, 0.6) is 0 Å². The number of hydrogen-bond acceptors (Lipinski definition) is 4. The molecule has 0 saturated carbocycles. The Balaban J connectivity index is 1.83. The maximum atomic E-state index is 12.1. The van der Waals surface area contributed by atoms with Gasteiger partial charge in [0.05, 0.1) is 11.6 Å². The molecule has 1 fully saturated rings. The van der Waals surface area contributed by atoms with Gasteiger partial charge in [-0.2, -0.15) is 0 Å². The van der Waals surface area contributed by atoms with E-state index in [0.29, 0.717) is 25.0 Å². The molecule has 1 aromatic rings. The molecule has 1 aliphatic rings. The van der Waals surface area contributed by atoms with E-state index in [2.05, 4.69) is 10.3 Å². The number of aliphatic imine (C=N–C) groups is 1. The molecule has 0 bridgehead atoms. The number of amides is 1. The highest BCUT2D eigenvalue weighted by molar-refractivity contribution is 6.28. The number of nitrogens with two attached hydrogens (primary N) is 1. The van der Waals surface area contributed by atoms with Gasteiger partial charge in [0.25, 0.3) is 0 Å². The van der Waals surface area contributed by atoms with Crippen molar-refractivity contribution < 1.29 is 9.53 Å². The Labute approximate surface area is 154 Å². The number of alkyl halides is 1. The molecule has 0 spiro atoms. The highest BCUT2D eigenvalue weighted by atomic mass is 35.5. The summed E-state index contributed by atoms with van der Waals surface area (Å²) in [6.07, 6.45) is 1.54. The molecule has 1 heterocycles. The molecule has 0 atom stereocenters. The van der Waals surface area contributed by atoms with Crippen LogP contribution in [-0.2, 0) is 4.74 Å². The average Bonchev–Trinajstić information content (AvgIpc) is 2.55. The van der Waals surface area contributed by atoms with Crippen LogP contribution < -0.4 is 11.1 Å². The van der Waals surface area contributed by atoms with Crippen LogP contribution in [0, 0.1) is 0 Å². The van der Waals surface area contributed by atoms with Crippen molar-refractivity contribution in [3.8, 4) is 0 Å². The van der Waals surface area contributed by atoms with Gasteiger partial charge in [0.15, 0.2) is 0 Å². The van der Waals surface area contributed by atoms with Crippen LogP contribution >= 0.6 is 11.6 Å². The largest absolute Gasteiger partial charge is 0.444 e. The zero-order valence-electron chi connectivity index (χ0n) is 15.1. The second-order valence-electron chi connectivity index (χ2n) is 7.17. The van der Waals surface area contributed by atoms with Gasteiger partial charge in [0.2, 0.25) is 0 Å². The summed E-state index contributed by atoms with van der Waals surface area (Å²) >= 11 is 5.63. The van der Waals surface area contributed by atoms with E-state index in [1.807, 2.05) is 45.0 Å². The number of benzene rings is 1. The van der Waals surface area contributed by atoms with Crippen LogP contribution in [0.2, 0.25) is 0 Å². The van der Waals surface area contributed by atoms with E-state index in [-0.39, 0.29) is 12.0 Å². The highest BCUT2D eigenvalue weighted by Gasteiger charge is 2.26. The zero-order chi connectivity index (χ0) is 18.4. The number of carbonyl (C=O) groups is 1. The molecule has 0 radical (unpaired) electrons. The fourth-order valence-electron chi connectivity index (χ4n) is 2.60. The first-order valence-corrected chi connectivity index (χ1v) is 9.04. The van der Waals surface area contributed by atoms with E-state index in [1.54, 1.807) is 4.90 Å². The first-order valence-electron chi connectivity index (χ1n) is 8.50. The minimum atomic E-state index is -0.455. The molecule has 2 rings (SSSR count). The number of hydrogen-bond donors (Lipinski definition) is 2. The number of rotatable bonds is 4. The average molecular weight is 367 g/mol. The number of piperidine rings is 1. The van der Waals surface area contributed by atoms with Gasteiger partial charge in [-0.15, -0.1) is 11.6 Å². The summed E-state index contributed by atoms with van der Waals surface area (Å²) in [6, 6.07) is 8.08. The highest BCUT2D eigenvalue weighted by Crippen LogP contribution is 2.21. The van der Waals surface area contributed by atoms with E-state index >= 15 is 0 Å². The molecular formula is C18H27ClN4O2. The van der Waals surface area contributed by atoms with Crippen LogP contribution in [-0.4, -0.2) is 47.4 Å². The number of likely N-dealkylation sites (tertiary alicyclic amines) is 1. The summed E-state index contributed by atoms with van der Waals surface area (Å²) in [7, 11) is 0. The predicted octanol–water partition coefficient (Wildman–Crippen LogP) is 3.73. The third kappa shape index (κ3) is 6.46. The standard InChI is InChI=1S/C18H27ClN4O2/c1-18(2,3)25-17(24)23-10-8-15(9-11-23)21-13-4-6-14(7-5-13)22-16(20)12-19/h4-7,15,21H,8-12H2,1-3H3,(H2,20,22). The summed E-state index contributed by atoms with van der Waals surface area (Å²) in [6.45, 7) is 7.04. The van der Waals surface area contributed by atoms with Gasteiger partial charge in [-0.25, -0.2) is 9.79 Å². The molecule has 25 heavy (non-hydrogen) atoms. The number of nitrogens with one attached hydrogen (secondary N) is 1. The lowest BCUT2D eigenvalue weighted by molar-refractivity contribution is 0.0210. The van der Waals surface area contributed by atoms with Crippen LogP contribution in [0.25, 0.3) is 0 Å². The Bertz CT molecular complexity index is 602. The van der Waals surface area contributed by atoms with E-state index < -0.39 is 5.60 Å². The minimum absolute atomic E-state index is 0.218. The Morgan fingerprint density at radius 3 is 2.44 bits per heavy atom. The lowest BCUT2D eigenvalue weighted by Crippen LogP contribution is -2.44. The monoisotopic (exact) mass is 366 g/mol. The van der Waals surface area contributed by atoms with Gasteiger partial charge in [-0.05, 0) is 57.9 Å². The number of amidine groups is 1. The topological polar surface area (TPSA) is 80.0 Å². The molecule has 1 saturated heterocycles. The van der Waals surface area contributed by atoms with Crippen molar-refractivity contribution in [2.75, 3.05) is 24.3 Å². The summed E-state index contributed by atoms with van der Waals surface area (Å²) in [5.41, 5.74) is 6.98. The Kier molecular flexibility index (Phi) is 6.53. The van der Waals surface area contributed by atoms with Crippen LogP contribution in [0.1, 0.15) is 33.6 Å². The van der Waals surface area contributed by atoms with Crippen LogP contribution in [0.3, 0.4) is 0 Å². The number of ether oxygens (including phenoxy) is 1. The molecule has 0 aromatic heterocycles. The third-order valence-corrected chi connectivity index (χ3v) is 4.07. The first-order chi connectivity index (χ1) is 11.8. The SMILES string of the molecule is CC(C)(C)OC(=O)N1CCC(Nc2ccc(N=C(N)CCl)cc2)CC1. The van der Waals surface area contributed by atoms with Crippen LogP contribution in [0.4, 0.5) is 16.2 Å². The van der Waals surface area contributed by atoms with E-state index in [0.717, 1.165) is 24.2 Å². The van der Waals surface area contributed by atoms with Crippen LogP contribution in [0.15, 0.2) is 29.3 Å². The molecule has 3 N–H and O–H groups in total. The van der Waals surface area contributed by atoms with E-state index in [4.69, 9.17) is 22.1 Å². The molecule has 1 aliphatic heterocycles. The molecule has 1 aromatic carbocycles. The summed E-state index contributed by atoms with van der Waals surface area (Å²) < 4.78 is 5.42. The van der Waals surface area contributed by atoms with E-state index in [1.165, 1.54) is 0 Å². The summed E-state index contributed by atoms with van der Waals surface area (Å²) in [5, 5.41) is 3.50. The number of nitrogens with zero attached hydrogens (tertiary/aromatic N) is 2. The minimum Gasteiger partial charge on any atom is -0.444 e. The Morgan fingerprint density at radius 1 is 1.32 bits per heavy atom.